The second-order valence-corrected chi connectivity index (χ2v) is 4.87. The van der Waals surface area contributed by atoms with Crippen molar-refractivity contribution >= 4 is 11.2 Å². The summed E-state index contributed by atoms with van der Waals surface area (Å²) in [6, 6.07) is 10.2. The number of rotatable bonds is 1. The third-order valence-corrected chi connectivity index (χ3v) is 4.13. The quantitative estimate of drug-likeness (QED) is 0.608. The minimum Gasteiger partial charge on any atom is -0.616 e. The Kier molecular flexibility index (Phi) is 2.38. The molecule has 2 rings (SSSR count). The third kappa shape index (κ3) is 1.50. The van der Waals surface area contributed by atoms with Crippen molar-refractivity contribution in [1.29, 1.82) is 0 Å². The first-order valence-electron chi connectivity index (χ1n) is 4.30. The highest BCUT2D eigenvalue weighted by molar-refractivity contribution is 7.91. The standard InChI is InChI=1S/C10H12OS/c11-12-8-4-7-10(12)9-5-2-1-3-6-9/h1-3,5-6,10H,4,7-8H2. The molecule has 0 aliphatic carbocycles. The van der Waals surface area contributed by atoms with Gasteiger partial charge in [0.1, 0.15) is 11.0 Å². The summed E-state index contributed by atoms with van der Waals surface area (Å²) in [4.78, 5) is 0. The van der Waals surface area contributed by atoms with Gasteiger partial charge < -0.3 is 4.55 Å². The van der Waals surface area contributed by atoms with Crippen LogP contribution in [0.5, 0.6) is 0 Å². The van der Waals surface area contributed by atoms with Gasteiger partial charge in [0.2, 0.25) is 0 Å². The Morgan fingerprint density at radius 2 is 2.00 bits per heavy atom. The zero-order chi connectivity index (χ0) is 8.39. The zero-order valence-electron chi connectivity index (χ0n) is 6.90. The molecule has 1 fully saturated rings. The van der Waals surface area contributed by atoms with E-state index in [0.717, 1.165) is 18.6 Å². The predicted molar refractivity (Wildman–Crippen MR) is 51.4 cm³/mol. The van der Waals surface area contributed by atoms with E-state index < -0.39 is 11.2 Å². The second kappa shape index (κ2) is 3.50. The highest BCUT2D eigenvalue weighted by Crippen LogP contribution is 2.33. The van der Waals surface area contributed by atoms with Crippen LogP contribution in [0.25, 0.3) is 0 Å². The Morgan fingerprint density at radius 3 is 2.58 bits per heavy atom. The van der Waals surface area contributed by atoms with Gasteiger partial charge in [0.05, 0.1) is 0 Å². The van der Waals surface area contributed by atoms with Crippen molar-refractivity contribution in [2.75, 3.05) is 5.75 Å². The van der Waals surface area contributed by atoms with E-state index in [9.17, 15) is 4.55 Å². The van der Waals surface area contributed by atoms with Gasteiger partial charge in [0.15, 0.2) is 0 Å². The molecule has 1 aliphatic rings. The van der Waals surface area contributed by atoms with Crippen molar-refractivity contribution in [3.05, 3.63) is 35.9 Å². The van der Waals surface area contributed by atoms with E-state index in [1.54, 1.807) is 0 Å². The molecule has 1 aliphatic heterocycles. The Balaban J connectivity index is 2.19. The minimum atomic E-state index is -0.612. The molecule has 0 aromatic heterocycles. The molecule has 0 saturated carbocycles. The molecule has 2 heteroatoms. The van der Waals surface area contributed by atoms with Crippen LogP contribution in [-0.4, -0.2) is 10.3 Å². The summed E-state index contributed by atoms with van der Waals surface area (Å²) in [5.74, 6) is 0.888. The van der Waals surface area contributed by atoms with Crippen LogP contribution in [0.2, 0.25) is 0 Å². The summed E-state index contributed by atoms with van der Waals surface area (Å²) < 4.78 is 11.5. The number of hydrogen-bond donors (Lipinski definition) is 0. The van der Waals surface area contributed by atoms with Gasteiger partial charge in [0.25, 0.3) is 0 Å². The Bertz CT molecular complexity index is 247. The van der Waals surface area contributed by atoms with Crippen LogP contribution in [-0.2, 0) is 11.2 Å². The Hall–Kier alpha value is -0.470. The van der Waals surface area contributed by atoms with Gasteiger partial charge in [-0.3, -0.25) is 0 Å². The molecular formula is C10H12OS. The Labute approximate surface area is 76.0 Å². The molecule has 0 spiro atoms. The van der Waals surface area contributed by atoms with Gasteiger partial charge in [-0.25, -0.2) is 0 Å². The van der Waals surface area contributed by atoms with Crippen molar-refractivity contribution in [2.24, 2.45) is 0 Å². The van der Waals surface area contributed by atoms with E-state index in [1.165, 1.54) is 5.56 Å². The van der Waals surface area contributed by atoms with Crippen LogP contribution >= 0.6 is 0 Å². The molecule has 2 unspecified atom stereocenters. The van der Waals surface area contributed by atoms with Crippen molar-refractivity contribution in [3.8, 4) is 0 Å². The van der Waals surface area contributed by atoms with Crippen LogP contribution in [0.3, 0.4) is 0 Å². The van der Waals surface area contributed by atoms with E-state index in [1.807, 2.05) is 18.2 Å². The normalized spacial score (nSPS) is 29.1. The molecule has 1 aromatic carbocycles. The van der Waals surface area contributed by atoms with E-state index in [2.05, 4.69) is 12.1 Å². The molecule has 1 heterocycles. The molecule has 1 aromatic rings. The van der Waals surface area contributed by atoms with Crippen LogP contribution in [0.4, 0.5) is 0 Å². The van der Waals surface area contributed by atoms with Crippen LogP contribution in [0.1, 0.15) is 23.7 Å². The van der Waals surface area contributed by atoms with Crippen LogP contribution < -0.4 is 0 Å². The summed E-state index contributed by atoms with van der Waals surface area (Å²) in [6.45, 7) is 0. The van der Waals surface area contributed by atoms with Gasteiger partial charge in [-0.1, -0.05) is 30.3 Å². The van der Waals surface area contributed by atoms with Crippen LogP contribution in [0, 0.1) is 0 Å². The lowest BCUT2D eigenvalue weighted by Crippen LogP contribution is -2.07. The van der Waals surface area contributed by atoms with Gasteiger partial charge >= 0.3 is 0 Å². The molecule has 1 saturated heterocycles. The first kappa shape index (κ1) is 8.14. The largest absolute Gasteiger partial charge is 0.616 e. The van der Waals surface area contributed by atoms with Crippen molar-refractivity contribution in [1.82, 2.24) is 0 Å². The number of benzene rings is 1. The van der Waals surface area contributed by atoms with Gasteiger partial charge in [-0.2, -0.15) is 0 Å². The topological polar surface area (TPSA) is 23.1 Å². The van der Waals surface area contributed by atoms with E-state index >= 15 is 0 Å². The molecule has 0 N–H and O–H groups in total. The summed E-state index contributed by atoms with van der Waals surface area (Å²) >= 11 is -0.612. The van der Waals surface area contributed by atoms with Crippen molar-refractivity contribution in [3.63, 3.8) is 0 Å². The van der Waals surface area contributed by atoms with E-state index in [-0.39, 0.29) is 0 Å². The molecule has 0 bridgehead atoms. The van der Waals surface area contributed by atoms with Crippen LogP contribution in [0.15, 0.2) is 30.3 Å². The minimum absolute atomic E-state index is 0.311. The maximum atomic E-state index is 11.5. The first-order chi connectivity index (χ1) is 5.88. The fourth-order valence-electron chi connectivity index (χ4n) is 1.67. The lowest BCUT2D eigenvalue weighted by Gasteiger charge is -2.13. The zero-order valence-corrected chi connectivity index (χ0v) is 7.72. The molecule has 0 amide bonds. The van der Waals surface area contributed by atoms with Crippen molar-refractivity contribution in [2.45, 2.75) is 18.1 Å². The Morgan fingerprint density at radius 1 is 1.25 bits per heavy atom. The summed E-state index contributed by atoms with van der Waals surface area (Å²) in [5, 5.41) is 0.311. The SMILES string of the molecule is [O-][S+]1CCCC1c1ccccc1. The first-order valence-corrected chi connectivity index (χ1v) is 5.68. The molecule has 12 heavy (non-hydrogen) atoms. The molecule has 0 radical (unpaired) electrons. The van der Waals surface area contributed by atoms with E-state index in [0.29, 0.717) is 5.25 Å². The molecular weight excluding hydrogens is 168 g/mol. The maximum absolute atomic E-state index is 11.5. The highest BCUT2D eigenvalue weighted by atomic mass is 32.2. The van der Waals surface area contributed by atoms with Gasteiger partial charge in [-0.05, 0) is 17.6 Å². The smallest absolute Gasteiger partial charge is 0.140 e. The average Bonchev–Trinajstić information content (AvgIpc) is 2.53. The molecule has 1 nitrogen and oxygen atoms in total. The predicted octanol–water partition coefficient (Wildman–Crippen LogP) is 2.27. The van der Waals surface area contributed by atoms with Gasteiger partial charge in [-0.15, -0.1) is 0 Å². The lowest BCUT2D eigenvalue weighted by atomic mass is 10.1. The fraction of sp³-hybridized carbons (Fsp3) is 0.400. The average molecular weight is 180 g/mol. The third-order valence-electron chi connectivity index (χ3n) is 2.30. The summed E-state index contributed by atoms with van der Waals surface area (Å²) in [7, 11) is 0. The van der Waals surface area contributed by atoms with Gasteiger partial charge in [0, 0.05) is 12.0 Å². The second-order valence-electron chi connectivity index (χ2n) is 3.13. The fourth-order valence-corrected chi connectivity index (χ4v) is 3.30. The van der Waals surface area contributed by atoms with Crippen molar-refractivity contribution < 1.29 is 4.55 Å². The summed E-state index contributed by atoms with van der Waals surface area (Å²) in [6.07, 6.45) is 2.21. The summed E-state index contributed by atoms with van der Waals surface area (Å²) in [5.41, 5.74) is 1.24. The molecule has 64 valence electrons. The number of hydrogen-bond acceptors (Lipinski definition) is 1. The monoisotopic (exact) mass is 180 g/mol. The maximum Gasteiger partial charge on any atom is 0.140 e. The lowest BCUT2D eigenvalue weighted by molar-refractivity contribution is 0.591. The molecule has 2 atom stereocenters. The highest BCUT2D eigenvalue weighted by Gasteiger charge is 2.29. The van der Waals surface area contributed by atoms with E-state index in [4.69, 9.17) is 0 Å².